The predicted octanol–water partition coefficient (Wildman–Crippen LogP) is 15.6. The minimum atomic E-state index is -4.51. The van der Waals surface area contributed by atoms with Crippen LogP contribution in [0, 0.1) is 0 Å². The van der Waals surface area contributed by atoms with Crippen LogP contribution in [-0.2, 0) is 16.2 Å². The third-order valence-electron chi connectivity index (χ3n) is 13.7. The number of hydrogen-bond donors (Lipinski definition) is 0. The minimum absolute atomic E-state index is 0.153. The zero-order chi connectivity index (χ0) is 37.9. The van der Waals surface area contributed by atoms with E-state index < -0.39 is 11.6 Å². The summed E-state index contributed by atoms with van der Waals surface area (Å²) >= 11 is 7.38. The highest BCUT2D eigenvalue weighted by molar-refractivity contribution is 9.10. The maximum Gasteiger partial charge on any atom is 0.402 e. The molecule has 0 N–H and O–H groups in total. The van der Waals surface area contributed by atoms with Crippen LogP contribution >= 0.6 is 31.9 Å². The van der Waals surface area contributed by atoms with Crippen LogP contribution in [0.15, 0.2) is 118 Å². The smallest absolute Gasteiger partial charge is 0.170 e. The lowest BCUT2D eigenvalue weighted by Crippen LogP contribution is -2.38. The predicted molar refractivity (Wildman–Crippen MR) is 224 cm³/mol. The van der Waals surface area contributed by atoms with Gasteiger partial charge in [-0.05, 0) is 170 Å². The van der Waals surface area contributed by atoms with Gasteiger partial charge in [0.05, 0.1) is 0 Å². The molecule has 0 spiro atoms. The Hall–Kier alpha value is -3.93. The van der Waals surface area contributed by atoms with E-state index in [1.807, 2.05) is 36.4 Å². The Bertz CT molecular complexity index is 2370. The molecule has 54 heavy (non-hydrogen) atoms. The summed E-state index contributed by atoms with van der Waals surface area (Å²) in [5.41, 5.74) is 13.0. The lowest BCUT2D eigenvalue weighted by molar-refractivity contribution is -0.172. The Morgan fingerprint density at radius 1 is 0.407 bits per heavy atom. The first-order valence-corrected chi connectivity index (χ1v) is 20.7. The van der Waals surface area contributed by atoms with Crippen LogP contribution in [0.2, 0.25) is 0 Å². The van der Waals surface area contributed by atoms with E-state index in [1.54, 1.807) is 0 Å². The van der Waals surface area contributed by atoms with Crippen molar-refractivity contribution in [1.29, 1.82) is 0 Å². The van der Waals surface area contributed by atoms with E-state index in [0.29, 0.717) is 22.3 Å². The Morgan fingerprint density at radius 2 is 0.667 bits per heavy atom. The standard InChI is InChI=1S/C49H41Br2F3/c1-6-47(7-2)42-24-30(12-18-36(42)38-20-14-32(50)26-44(38)47)28-10-16-34-35-17-11-29(23-41(35)46(5,40(34)22-28)49(52,53)54)31-13-19-37-39-21-15-33(51)27-45(39)48(8-3,9-4)43(37)25-31/h10-27H,6-9H2,1-5H3. The van der Waals surface area contributed by atoms with Gasteiger partial charge in [-0.25, -0.2) is 0 Å². The van der Waals surface area contributed by atoms with Gasteiger partial charge in [-0.2, -0.15) is 13.2 Å². The molecule has 0 heterocycles. The summed E-state index contributed by atoms with van der Waals surface area (Å²) in [6, 6.07) is 37.4. The van der Waals surface area contributed by atoms with E-state index in [9.17, 15) is 0 Å². The van der Waals surface area contributed by atoms with E-state index in [0.717, 1.165) is 56.9 Å². The molecular formula is C49H41Br2F3. The molecule has 3 aliphatic carbocycles. The van der Waals surface area contributed by atoms with Crippen LogP contribution in [0.3, 0.4) is 0 Å². The third-order valence-corrected chi connectivity index (χ3v) is 14.7. The van der Waals surface area contributed by atoms with Gasteiger partial charge in [0.2, 0.25) is 0 Å². The molecule has 0 bridgehead atoms. The monoisotopic (exact) mass is 844 g/mol. The quantitative estimate of drug-likeness (QED) is 0.157. The van der Waals surface area contributed by atoms with Crippen molar-refractivity contribution < 1.29 is 13.2 Å². The van der Waals surface area contributed by atoms with Crippen molar-refractivity contribution in [1.82, 2.24) is 0 Å². The second kappa shape index (κ2) is 12.3. The molecule has 0 atom stereocenters. The van der Waals surface area contributed by atoms with Gasteiger partial charge in [-0.15, -0.1) is 0 Å². The van der Waals surface area contributed by atoms with Gasteiger partial charge in [0.25, 0.3) is 0 Å². The molecule has 0 saturated heterocycles. The summed E-state index contributed by atoms with van der Waals surface area (Å²) in [5.74, 6) is 0. The van der Waals surface area contributed by atoms with Crippen molar-refractivity contribution in [3.8, 4) is 55.6 Å². The number of benzene rings is 6. The van der Waals surface area contributed by atoms with Crippen LogP contribution in [0.5, 0.6) is 0 Å². The fraction of sp³-hybridized carbons (Fsp3) is 0.265. The van der Waals surface area contributed by atoms with Crippen LogP contribution in [0.1, 0.15) is 93.7 Å². The summed E-state index contributed by atoms with van der Waals surface area (Å²) in [7, 11) is 0. The maximum atomic E-state index is 15.7. The van der Waals surface area contributed by atoms with Crippen molar-refractivity contribution in [2.24, 2.45) is 0 Å². The average Bonchev–Trinajstić information content (AvgIpc) is 3.72. The Labute approximate surface area is 333 Å². The number of halogens is 5. The van der Waals surface area contributed by atoms with Crippen LogP contribution in [0.25, 0.3) is 55.6 Å². The topological polar surface area (TPSA) is 0 Å². The minimum Gasteiger partial charge on any atom is -0.170 e. The number of rotatable bonds is 6. The Morgan fingerprint density at radius 3 is 0.963 bits per heavy atom. The van der Waals surface area contributed by atoms with Gasteiger partial charge >= 0.3 is 6.18 Å². The summed E-state index contributed by atoms with van der Waals surface area (Å²) < 4.78 is 49.1. The first-order chi connectivity index (χ1) is 25.8. The van der Waals surface area contributed by atoms with Crippen molar-refractivity contribution in [2.45, 2.75) is 82.7 Å². The highest BCUT2D eigenvalue weighted by Crippen LogP contribution is 2.59. The fourth-order valence-electron chi connectivity index (χ4n) is 10.5. The molecule has 272 valence electrons. The summed E-state index contributed by atoms with van der Waals surface area (Å²) in [5, 5.41) is 0. The molecule has 0 radical (unpaired) electrons. The molecule has 5 heteroatoms. The second-order valence-corrected chi connectivity index (χ2v) is 17.5. The number of hydrogen-bond acceptors (Lipinski definition) is 0. The molecule has 0 saturated carbocycles. The first-order valence-electron chi connectivity index (χ1n) is 19.1. The molecule has 3 aliphatic rings. The SMILES string of the molecule is CCC1(CC)c2cc(Br)ccc2-c2ccc(-c3ccc4c(c3)C(C)(C(F)(F)F)c3cc(-c5ccc6c(c5)C(CC)(CC)c5cc(Br)ccc5-6)ccc3-4)cc21. The van der Waals surface area contributed by atoms with Gasteiger partial charge in [0.15, 0.2) is 0 Å². The van der Waals surface area contributed by atoms with Gasteiger partial charge in [0, 0.05) is 19.8 Å². The highest BCUT2D eigenvalue weighted by atomic mass is 79.9. The second-order valence-electron chi connectivity index (χ2n) is 15.6. The molecule has 9 rings (SSSR count). The normalized spacial score (nSPS) is 16.3. The van der Waals surface area contributed by atoms with Gasteiger partial charge in [0.1, 0.15) is 5.41 Å². The Kier molecular flexibility index (Phi) is 8.13. The largest absolute Gasteiger partial charge is 0.402 e. The summed E-state index contributed by atoms with van der Waals surface area (Å²) in [6.45, 7) is 10.3. The van der Waals surface area contributed by atoms with Gasteiger partial charge in [-0.1, -0.05) is 120 Å². The van der Waals surface area contributed by atoms with Crippen molar-refractivity contribution in [3.05, 3.63) is 152 Å². The van der Waals surface area contributed by atoms with Gasteiger partial charge in [-0.3, -0.25) is 0 Å². The molecule has 0 aliphatic heterocycles. The molecule has 0 unspecified atom stereocenters. The number of fused-ring (bicyclic) bond motifs is 9. The summed E-state index contributed by atoms with van der Waals surface area (Å²) in [6.07, 6.45) is -0.772. The van der Waals surface area contributed by atoms with E-state index in [-0.39, 0.29) is 10.8 Å². The van der Waals surface area contributed by atoms with E-state index in [2.05, 4.69) is 132 Å². The van der Waals surface area contributed by atoms with Crippen LogP contribution in [-0.4, -0.2) is 6.18 Å². The zero-order valence-corrected chi connectivity index (χ0v) is 34.3. The van der Waals surface area contributed by atoms with Crippen molar-refractivity contribution in [3.63, 3.8) is 0 Å². The van der Waals surface area contributed by atoms with Crippen LogP contribution < -0.4 is 0 Å². The van der Waals surface area contributed by atoms with Crippen molar-refractivity contribution in [2.75, 3.05) is 0 Å². The van der Waals surface area contributed by atoms with Crippen molar-refractivity contribution >= 4 is 31.9 Å². The fourth-order valence-corrected chi connectivity index (χ4v) is 11.2. The molecule has 0 aromatic heterocycles. The van der Waals surface area contributed by atoms with Crippen LogP contribution in [0.4, 0.5) is 13.2 Å². The molecule has 0 fully saturated rings. The molecular weight excluding hydrogens is 805 g/mol. The lowest BCUT2D eigenvalue weighted by Gasteiger charge is -2.31. The van der Waals surface area contributed by atoms with E-state index in [4.69, 9.17) is 0 Å². The molecule has 0 amide bonds. The highest BCUT2D eigenvalue weighted by Gasteiger charge is 2.58. The molecule has 0 nitrogen and oxygen atoms in total. The first kappa shape index (κ1) is 35.8. The van der Waals surface area contributed by atoms with E-state index in [1.165, 1.54) is 51.4 Å². The third kappa shape index (κ3) is 4.67. The van der Waals surface area contributed by atoms with E-state index >= 15 is 13.2 Å². The van der Waals surface area contributed by atoms with Gasteiger partial charge < -0.3 is 0 Å². The molecule has 6 aromatic rings. The summed E-state index contributed by atoms with van der Waals surface area (Å²) in [4.78, 5) is 0. The molecule has 6 aromatic carbocycles. The maximum absolute atomic E-state index is 15.7. The number of alkyl halides is 3. The average molecular weight is 847 g/mol. The Balaban J connectivity index is 1.15. The lowest BCUT2D eigenvalue weighted by atomic mass is 9.73. The zero-order valence-electron chi connectivity index (χ0n) is 31.1.